The number of amides is 1. The highest BCUT2D eigenvalue weighted by atomic mass is 19.4. The first-order chi connectivity index (χ1) is 15.2. The fraction of sp³-hybridized carbons (Fsp3) is 0.174. The number of carbonyl (C=O) groups is 1. The number of aryl methyl sites for hydroxylation is 2. The summed E-state index contributed by atoms with van der Waals surface area (Å²) in [4.78, 5) is 20.4. The van der Waals surface area contributed by atoms with Crippen LogP contribution in [0.5, 0.6) is 5.75 Å². The molecule has 0 atom stereocenters. The van der Waals surface area contributed by atoms with Crippen molar-refractivity contribution < 1.29 is 22.7 Å². The Morgan fingerprint density at radius 1 is 1.06 bits per heavy atom. The number of anilines is 1. The van der Waals surface area contributed by atoms with Gasteiger partial charge in [0.15, 0.2) is 0 Å². The highest BCUT2D eigenvalue weighted by Gasteiger charge is 2.38. The summed E-state index contributed by atoms with van der Waals surface area (Å²) in [7, 11) is 1.43. The molecule has 32 heavy (non-hydrogen) atoms. The molecule has 1 amide bonds. The zero-order valence-corrected chi connectivity index (χ0v) is 17.5. The topological polar surface area (TPSA) is 69.0 Å². The maximum atomic E-state index is 13.7. The minimum absolute atomic E-state index is 0.143. The number of aromatic nitrogens is 3. The molecule has 0 radical (unpaired) electrons. The smallest absolute Gasteiger partial charge is 0.450 e. The average molecular weight is 440 g/mol. The van der Waals surface area contributed by atoms with E-state index in [4.69, 9.17) is 4.74 Å². The Balaban J connectivity index is 1.69. The van der Waals surface area contributed by atoms with E-state index in [1.165, 1.54) is 37.6 Å². The lowest BCUT2D eigenvalue weighted by atomic mass is 10.1. The number of rotatable bonds is 4. The Hall–Kier alpha value is -3.88. The fourth-order valence-corrected chi connectivity index (χ4v) is 3.48. The molecule has 0 aliphatic rings. The van der Waals surface area contributed by atoms with E-state index in [2.05, 4.69) is 15.3 Å². The van der Waals surface area contributed by atoms with E-state index in [-0.39, 0.29) is 28.4 Å². The third kappa shape index (κ3) is 4.01. The SMILES string of the molecule is COc1ccc2c(c1)nc(C(F)(F)F)n2-c1ccc(NC(=O)c2ccc(C)cc2C)nc1. The summed E-state index contributed by atoms with van der Waals surface area (Å²) in [5, 5.41) is 2.67. The Morgan fingerprint density at radius 2 is 1.84 bits per heavy atom. The Bertz CT molecular complexity index is 1310. The van der Waals surface area contributed by atoms with Gasteiger partial charge in [-0.15, -0.1) is 0 Å². The van der Waals surface area contributed by atoms with Crippen molar-refractivity contribution in [1.82, 2.24) is 14.5 Å². The van der Waals surface area contributed by atoms with Gasteiger partial charge >= 0.3 is 6.18 Å². The standard InChI is InChI=1S/C23H19F3N4O2/c1-13-4-7-17(14(2)10-13)21(31)29-20-9-5-15(12-27-20)30-19-8-6-16(32-3)11-18(19)28-22(30)23(24,25)26/h4-12H,1-3H3,(H,27,29,31). The van der Waals surface area contributed by atoms with Crippen LogP contribution >= 0.6 is 0 Å². The second-order valence-electron chi connectivity index (χ2n) is 7.30. The van der Waals surface area contributed by atoms with Gasteiger partial charge in [-0.05, 0) is 49.7 Å². The van der Waals surface area contributed by atoms with E-state index in [1.807, 2.05) is 26.0 Å². The van der Waals surface area contributed by atoms with Crippen LogP contribution in [0.2, 0.25) is 0 Å². The van der Waals surface area contributed by atoms with Crippen LogP contribution in [0.15, 0.2) is 54.7 Å². The molecule has 2 heterocycles. The molecule has 9 heteroatoms. The van der Waals surface area contributed by atoms with Gasteiger partial charge < -0.3 is 10.1 Å². The molecular formula is C23H19F3N4O2. The molecule has 4 aromatic rings. The van der Waals surface area contributed by atoms with Crippen molar-refractivity contribution in [1.29, 1.82) is 0 Å². The summed E-state index contributed by atoms with van der Waals surface area (Å²) in [6.45, 7) is 3.76. The van der Waals surface area contributed by atoms with Crippen LogP contribution in [0, 0.1) is 13.8 Å². The molecule has 0 bridgehead atoms. The lowest BCUT2D eigenvalue weighted by Gasteiger charge is -2.12. The van der Waals surface area contributed by atoms with Crippen molar-refractivity contribution in [2.45, 2.75) is 20.0 Å². The van der Waals surface area contributed by atoms with Gasteiger partial charge in [0.1, 0.15) is 11.6 Å². The van der Waals surface area contributed by atoms with Crippen LogP contribution < -0.4 is 10.1 Å². The van der Waals surface area contributed by atoms with Crippen molar-refractivity contribution in [3.63, 3.8) is 0 Å². The molecule has 0 spiro atoms. The van der Waals surface area contributed by atoms with Crippen molar-refractivity contribution in [3.05, 3.63) is 77.2 Å². The molecule has 0 aliphatic heterocycles. The van der Waals surface area contributed by atoms with Gasteiger partial charge in [0, 0.05) is 11.6 Å². The molecule has 1 N–H and O–H groups in total. The molecule has 6 nitrogen and oxygen atoms in total. The van der Waals surface area contributed by atoms with Crippen LogP contribution in [0.25, 0.3) is 16.7 Å². The van der Waals surface area contributed by atoms with Crippen LogP contribution in [-0.4, -0.2) is 27.6 Å². The zero-order valence-electron chi connectivity index (χ0n) is 17.5. The first-order valence-corrected chi connectivity index (χ1v) is 9.66. The number of alkyl halides is 3. The summed E-state index contributed by atoms with van der Waals surface area (Å²) >= 11 is 0. The number of fused-ring (bicyclic) bond motifs is 1. The molecule has 0 aliphatic carbocycles. The number of methoxy groups -OCH3 is 1. The number of hydrogen-bond donors (Lipinski definition) is 1. The second-order valence-corrected chi connectivity index (χ2v) is 7.30. The molecule has 2 aromatic carbocycles. The lowest BCUT2D eigenvalue weighted by molar-refractivity contribution is -0.145. The van der Waals surface area contributed by atoms with E-state index in [0.717, 1.165) is 15.7 Å². The first-order valence-electron chi connectivity index (χ1n) is 9.66. The third-order valence-electron chi connectivity index (χ3n) is 4.99. The van der Waals surface area contributed by atoms with Gasteiger partial charge in [-0.1, -0.05) is 17.7 Å². The number of ether oxygens (including phenoxy) is 1. The number of halogens is 3. The van der Waals surface area contributed by atoms with Crippen molar-refractivity contribution in [2.75, 3.05) is 12.4 Å². The molecule has 0 saturated heterocycles. The average Bonchev–Trinajstić information content (AvgIpc) is 3.13. The lowest BCUT2D eigenvalue weighted by Crippen LogP contribution is -2.15. The highest BCUT2D eigenvalue weighted by Crippen LogP contribution is 2.34. The molecular weight excluding hydrogens is 421 g/mol. The van der Waals surface area contributed by atoms with Gasteiger partial charge in [-0.2, -0.15) is 13.2 Å². The first kappa shape index (κ1) is 21.4. The number of imidazole rings is 1. The van der Waals surface area contributed by atoms with Crippen molar-refractivity contribution in [2.24, 2.45) is 0 Å². The van der Waals surface area contributed by atoms with Gasteiger partial charge in [0.25, 0.3) is 5.91 Å². The zero-order chi connectivity index (χ0) is 23.0. The van der Waals surface area contributed by atoms with E-state index in [9.17, 15) is 18.0 Å². The maximum Gasteiger partial charge on any atom is 0.450 e. The minimum atomic E-state index is -4.68. The Kier molecular flexibility index (Phi) is 5.33. The molecule has 164 valence electrons. The Morgan fingerprint density at radius 3 is 2.47 bits per heavy atom. The third-order valence-corrected chi connectivity index (χ3v) is 4.99. The van der Waals surface area contributed by atoms with Gasteiger partial charge in [-0.25, -0.2) is 9.97 Å². The number of hydrogen-bond acceptors (Lipinski definition) is 4. The number of nitrogens with zero attached hydrogens (tertiary/aromatic N) is 3. The number of nitrogens with one attached hydrogen (secondary N) is 1. The summed E-state index contributed by atoms with van der Waals surface area (Å²) in [6, 6.07) is 12.8. The normalized spacial score (nSPS) is 11.6. The number of carbonyl (C=O) groups excluding carboxylic acids is 1. The van der Waals surface area contributed by atoms with Crippen LogP contribution in [-0.2, 0) is 6.18 Å². The summed E-state index contributed by atoms with van der Waals surface area (Å²) in [6.07, 6.45) is -3.42. The summed E-state index contributed by atoms with van der Waals surface area (Å²) in [5.41, 5.74) is 2.90. The predicted octanol–water partition coefficient (Wildman–Crippen LogP) is 5.32. The Labute approximate surface area is 181 Å². The van der Waals surface area contributed by atoms with Crippen LogP contribution in [0.4, 0.5) is 19.0 Å². The highest BCUT2D eigenvalue weighted by molar-refractivity contribution is 6.04. The molecule has 4 rings (SSSR count). The fourth-order valence-electron chi connectivity index (χ4n) is 3.48. The minimum Gasteiger partial charge on any atom is -0.497 e. The quantitative estimate of drug-likeness (QED) is 0.467. The molecule has 2 aromatic heterocycles. The molecule has 0 fully saturated rings. The summed E-state index contributed by atoms with van der Waals surface area (Å²) < 4.78 is 47.1. The maximum absolute atomic E-state index is 13.7. The van der Waals surface area contributed by atoms with Gasteiger partial charge in [-0.3, -0.25) is 9.36 Å². The van der Waals surface area contributed by atoms with E-state index >= 15 is 0 Å². The van der Waals surface area contributed by atoms with Crippen LogP contribution in [0.1, 0.15) is 27.3 Å². The van der Waals surface area contributed by atoms with Crippen LogP contribution in [0.3, 0.4) is 0 Å². The van der Waals surface area contributed by atoms with E-state index < -0.39 is 12.0 Å². The van der Waals surface area contributed by atoms with Gasteiger partial charge in [0.2, 0.25) is 5.82 Å². The largest absolute Gasteiger partial charge is 0.497 e. The molecule has 0 saturated carbocycles. The number of benzene rings is 2. The van der Waals surface area contributed by atoms with E-state index in [1.54, 1.807) is 12.1 Å². The number of pyridine rings is 1. The van der Waals surface area contributed by atoms with Gasteiger partial charge in [0.05, 0.1) is 30.0 Å². The summed E-state index contributed by atoms with van der Waals surface area (Å²) in [5.74, 6) is -0.801. The van der Waals surface area contributed by atoms with Crippen molar-refractivity contribution >= 4 is 22.8 Å². The van der Waals surface area contributed by atoms with Crippen molar-refractivity contribution in [3.8, 4) is 11.4 Å². The monoisotopic (exact) mass is 440 g/mol. The molecule has 0 unspecified atom stereocenters. The second kappa shape index (κ2) is 7.99. The predicted molar refractivity (Wildman–Crippen MR) is 114 cm³/mol. The van der Waals surface area contributed by atoms with E-state index in [0.29, 0.717) is 11.3 Å².